The van der Waals surface area contributed by atoms with Crippen LogP contribution in [0.15, 0.2) is 47.1 Å². The van der Waals surface area contributed by atoms with Gasteiger partial charge in [0.2, 0.25) is 5.91 Å². The number of nitrogens with one attached hydrogen (secondary N) is 2. The Kier molecular flexibility index (Phi) is 5.00. The average molecular weight is 307 g/mol. The Morgan fingerprint density at radius 1 is 1.29 bits per heavy atom. The van der Waals surface area contributed by atoms with Gasteiger partial charge in [-0.3, -0.25) is 9.59 Å². The van der Waals surface area contributed by atoms with Crippen LogP contribution in [-0.2, 0) is 4.79 Å². The lowest BCUT2D eigenvalue weighted by molar-refractivity contribution is -0.120. The van der Waals surface area contributed by atoms with Crippen molar-refractivity contribution in [1.82, 2.24) is 10.6 Å². The van der Waals surface area contributed by atoms with Crippen molar-refractivity contribution in [3.63, 3.8) is 0 Å². The first-order valence-electron chi connectivity index (χ1n) is 6.43. The van der Waals surface area contributed by atoms with Gasteiger partial charge >= 0.3 is 0 Å². The van der Waals surface area contributed by atoms with Gasteiger partial charge in [-0.05, 0) is 36.8 Å². The zero-order valence-corrected chi connectivity index (χ0v) is 12.2. The third-order valence-corrected chi connectivity index (χ3v) is 3.12. The van der Waals surface area contributed by atoms with Crippen LogP contribution in [-0.4, -0.2) is 18.4 Å². The largest absolute Gasteiger partial charge is 0.459 e. The molecule has 0 spiro atoms. The number of hydrogen-bond donors (Lipinski definition) is 2. The zero-order chi connectivity index (χ0) is 15.2. The van der Waals surface area contributed by atoms with Crippen LogP contribution in [0.2, 0.25) is 5.02 Å². The molecular formula is C15H15ClN2O3. The van der Waals surface area contributed by atoms with Crippen molar-refractivity contribution in [3.05, 3.63) is 59.0 Å². The van der Waals surface area contributed by atoms with Gasteiger partial charge in [-0.25, -0.2) is 0 Å². The Morgan fingerprint density at radius 3 is 2.76 bits per heavy atom. The molecule has 1 aromatic heterocycles. The molecule has 0 bridgehead atoms. The highest BCUT2D eigenvalue weighted by atomic mass is 35.5. The van der Waals surface area contributed by atoms with E-state index in [1.165, 1.54) is 12.3 Å². The van der Waals surface area contributed by atoms with Gasteiger partial charge in [0.15, 0.2) is 5.76 Å². The van der Waals surface area contributed by atoms with Crippen molar-refractivity contribution < 1.29 is 14.0 Å². The molecule has 2 aromatic rings. The monoisotopic (exact) mass is 306 g/mol. The maximum atomic E-state index is 11.8. The van der Waals surface area contributed by atoms with Crippen LogP contribution in [0.4, 0.5) is 0 Å². The topological polar surface area (TPSA) is 71.3 Å². The smallest absolute Gasteiger partial charge is 0.287 e. The predicted molar refractivity (Wildman–Crippen MR) is 79.1 cm³/mol. The number of furan rings is 1. The molecule has 0 radical (unpaired) electrons. The second-order valence-corrected chi connectivity index (χ2v) is 4.94. The van der Waals surface area contributed by atoms with Gasteiger partial charge in [0.25, 0.3) is 5.91 Å². The van der Waals surface area contributed by atoms with E-state index in [1.807, 2.05) is 19.1 Å². The summed E-state index contributed by atoms with van der Waals surface area (Å²) in [5, 5.41) is 5.87. The minimum Gasteiger partial charge on any atom is -0.459 e. The van der Waals surface area contributed by atoms with E-state index >= 15 is 0 Å². The minimum absolute atomic E-state index is 0.121. The van der Waals surface area contributed by atoms with E-state index in [1.54, 1.807) is 18.2 Å². The quantitative estimate of drug-likeness (QED) is 0.891. The average Bonchev–Trinajstić information content (AvgIpc) is 2.99. The van der Waals surface area contributed by atoms with Crippen molar-refractivity contribution in [1.29, 1.82) is 0 Å². The molecule has 6 heteroatoms. The lowest BCUT2D eigenvalue weighted by atomic mass is 10.1. The number of hydrogen-bond acceptors (Lipinski definition) is 3. The molecule has 1 heterocycles. The fraction of sp³-hybridized carbons (Fsp3) is 0.200. The Hall–Kier alpha value is -2.27. The zero-order valence-electron chi connectivity index (χ0n) is 11.4. The van der Waals surface area contributed by atoms with Gasteiger partial charge in [0.05, 0.1) is 18.8 Å². The third-order valence-electron chi connectivity index (χ3n) is 2.88. The van der Waals surface area contributed by atoms with Crippen molar-refractivity contribution in [2.24, 2.45) is 0 Å². The number of rotatable bonds is 5. The van der Waals surface area contributed by atoms with E-state index < -0.39 is 5.91 Å². The number of carbonyl (C=O) groups excluding carboxylic acids is 2. The van der Waals surface area contributed by atoms with E-state index in [9.17, 15) is 9.59 Å². The molecule has 0 aliphatic heterocycles. The summed E-state index contributed by atoms with van der Waals surface area (Å²) in [6, 6.07) is 10.2. The fourth-order valence-corrected chi connectivity index (χ4v) is 2.01. The van der Waals surface area contributed by atoms with Crippen molar-refractivity contribution in [2.75, 3.05) is 6.54 Å². The normalized spacial score (nSPS) is 11.7. The first-order valence-corrected chi connectivity index (χ1v) is 6.80. The summed E-state index contributed by atoms with van der Waals surface area (Å²) in [5.74, 6) is -0.543. The highest BCUT2D eigenvalue weighted by molar-refractivity contribution is 6.30. The van der Waals surface area contributed by atoms with Crippen LogP contribution in [0.25, 0.3) is 0 Å². The molecule has 1 atom stereocenters. The number of amides is 2. The molecule has 2 N–H and O–H groups in total. The van der Waals surface area contributed by atoms with Crippen LogP contribution in [0.5, 0.6) is 0 Å². The van der Waals surface area contributed by atoms with E-state index in [4.69, 9.17) is 16.0 Å². The van der Waals surface area contributed by atoms with Gasteiger partial charge in [-0.1, -0.05) is 23.7 Å². The summed E-state index contributed by atoms with van der Waals surface area (Å²) in [4.78, 5) is 23.4. The molecule has 2 rings (SSSR count). The molecular weight excluding hydrogens is 292 g/mol. The molecule has 0 aliphatic rings. The van der Waals surface area contributed by atoms with Crippen LogP contribution in [0, 0.1) is 0 Å². The third kappa shape index (κ3) is 4.36. The molecule has 1 aromatic carbocycles. The molecule has 110 valence electrons. The Morgan fingerprint density at radius 2 is 2.10 bits per heavy atom. The maximum absolute atomic E-state index is 11.8. The highest BCUT2D eigenvalue weighted by Gasteiger charge is 2.13. The van der Waals surface area contributed by atoms with E-state index in [0.717, 1.165) is 5.56 Å². The lowest BCUT2D eigenvalue weighted by Crippen LogP contribution is -2.37. The number of carbonyl (C=O) groups is 2. The molecule has 5 nitrogen and oxygen atoms in total. The summed E-state index contributed by atoms with van der Waals surface area (Å²) < 4.78 is 4.93. The number of halogens is 1. The Bertz CT molecular complexity index is 626. The molecule has 21 heavy (non-hydrogen) atoms. The highest BCUT2D eigenvalue weighted by Crippen LogP contribution is 2.17. The van der Waals surface area contributed by atoms with Gasteiger partial charge in [-0.15, -0.1) is 0 Å². The van der Waals surface area contributed by atoms with Crippen LogP contribution < -0.4 is 10.6 Å². The molecule has 2 amide bonds. The summed E-state index contributed by atoms with van der Waals surface area (Å²) in [6.45, 7) is 1.72. The SMILES string of the molecule is C[C@H](NC(=O)CNC(=O)c1ccco1)c1cccc(Cl)c1. The molecule has 0 fully saturated rings. The summed E-state index contributed by atoms with van der Waals surface area (Å²) >= 11 is 5.91. The fourth-order valence-electron chi connectivity index (χ4n) is 1.81. The first kappa shape index (κ1) is 15.1. The van der Waals surface area contributed by atoms with Gasteiger partial charge in [0, 0.05) is 5.02 Å². The second-order valence-electron chi connectivity index (χ2n) is 4.50. The lowest BCUT2D eigenvalue weighted by Gasteiger charge is -2.14. The molecule has 0 unspecified atom stereocenters. The van der Waals surface area contributed by atoms with Crippen LogP contribution in [0.3, 0.4) is 0 Å². The van der Waals surface area contributed by atoms with Crippen molar-refractivity contribution >= 4 is 23.4 Å². The van der Waals surface area contributed by atoms with E-state index in [-0.39, 0.29) is 24.3 Å². The van der Waals surface area contributed by atoms with Crippen LogP contribution >= 0.6 is 11.6 Å². The minimum atomic E-state index is -0.425. The Labute approximate surface area is 127 Å². The second kappa shape index (κ2) is 6.95. The van der Waals surface area contributed by atoms with Crippen molar-refractivity contribution in [2.45, 2.75) is 13.0 Å². The summed E-state index contributed by atoms with van der Waals surface area (Å²) in [7, 11) is 0. The first-order chi connectivity index (χ1) is 10.1. The van der Waals surface area contributed by atoms with Gasteiger partial charge in [-0.2, -0.15) is 0 Å². The standard InChI is InChI=1S/C15H15ClN2O3/c1-10(11-4-2-5-12(16)8-11)18-14(19)9-17-15(20)13-6-3-7-21-13/h2-8,10H,9H2,1H3,(H,17,20)(H,18,19)/t10-/m0/s1. The van der Waals surface area contributed by atoms with E-state index in [2.05, 4.69) is 10.6 Å². The van der Waals surface area contributed by atoms with Gasteiger partial charge < -0.3 is 15.1 Å². The molecule has 0 saturated carbocycles. The van der Waals surface area contributed by atoms with Gasteiger partial charge in [0.1, 0.15) is 0 Å². The number of benzene rings is 1. The Balaban J connectivity index is 1.83. The predicted octanol–water partition coefficient (Wildman–Crippen LogP) is 2.54. The van der Waals surface area contributed by atoms with Crippen LogP contribution in [0.1, 0.15) is 29.1 Å². The molecule has 0 aliphatic carbocycles. The summed E-state index contributed by atoms with van der Waals surface area (Å²) in [5.41, 5.74) is 0.896. The van der Waals surface area contributed by atoms with Crippen molar-refractivity contribution in [3.8, 4) is 0 Å². The molecule has 0 saturated heterocycles. The summed E-state index contributed by atoms with van der Waals surface area (Å²) in [6.07, 6.45) is 1.40. The van der Waals surface area contributed by atoms with E-state index in [0.29, 0.717) is 5.02 Å². The maximum Gasteiger partial charge on any atom is 0.287 e.